The summed E-state index contributed by atoms with van der Waals surface area (Å²) in [7, 11) is 4.35. The van der Waals surface area contributed by atoms with Crippen molar-refractivity contribution in [2.24, 2.45) is 10.4 Å². The van der Waals surface area contributed by atoms with Crippen molar-refractivity contribution in [3.63, 3.8) is 0 Å². The van der Waals surface area contributed by atoms with Gasteiger partial charge < -0.3 is 24.1 Å². The molecule has 0 fully saturated rings. The Bertz CT molecular complexity index is 1330. The van der Waals surface area contributed by atoms with Crippen molar-refractivity contribution in [1.29, 1.82) is 0 Å². The van der Waals surface area contributed by atoms with E-state index >= 15 is 0 Å². The molecule has 3 aromatic rings. The molecule has 0 aromatic heterocycles. The number of benzene rings is 3. The maximum Gasteiger partial charge on any atom is 0.350 e. The van der Waals surface area contributed by atoms with Crippen molar-refractivity contribution in [2.45, 2.75) is 19.9 Å². The van der Waals surface area contributed by atoms with E-state index in [1.54, 1.807) is 37.3 Å². The first-order valence-electron chi connectivity index (χ1n) is 12.0. The lowest BCUT2D eigenvalue weighted by Gasteiger charge is -2.28. The first kappa shape index (κ1) is 27.2. The molecule has 204 valence electrons. The van der Waals surface area contributed by atoms with Gasteiger partial charge in [-0.2, -0.15) is 5.01 Å². The molecule has 1 heterocycles. The molecule has 0 saturated carbocycles. The molecule has 2 amide bonds. The number of carbonyl (C=O) groups is 2. The summed E-state index contributed by atoms with van der Waals surface area (Å²) < 4.78 is 21.6. The van der Waals surface area contributed by atoms with Crippen LogP contribution in [0, 0.1) is 0 Å². The number of para-hydroxylation sites is 1. The second-order valence-corrected chi connectivity index (χ2v) is 8.20. The molecule has 3 aromatic carbocycles. The van der Waals surface area contributed by atoms with Gasteiger partial charge in [-0.1, -0.05) is 36.4 Å². The van der Waals surface area contributed by atoms with Crippen LogP contribution in [0.3, 0.4) is 0 Å². The van der Waals surface area contributed by atoms with Gasteiger partial charge in [0.15, 0.2) is 0 Å². The lowest BCUT2D eigenvalue weighted by molar-refractivity contribution is 0.0468. The molecular formula is C27H29N5O7. The number of carbonyl (C=O) groups excluding carboxylic acids is 2. The fraction of sp³-hybridized carbons (Fsp3) is 0.259. The van der Waals surface area contributed by atoms with Crippen molar-refractivity contribution < 1.29 is 33.6 Å². The molecular weight excluding hydrogens is 506 g/mol. The lowest BCUT2D eigenvalue weighted by Crippen LogP contribution is -2.48. The van der Waals surface area contributed by atoms with E-state index in [1.165, 1.54) is 32.3 Å². The minimum atomic E-state index is -1.58. The number of methoxy groups -OCH3 is 3. The average molecular weight is 536 g/mol. The van der Waals surface area contributed by atoms with E-state index in [-0.39, 0.29) is 24.5 Å². The predicted molar refractivity (Wildman–Crippen MR) is 142 cm³/mol. The number of nitrogens with zero attached hydrogens (tertiary/aromatic N) is 5. The Balaban J connectivity index is 1.53. The summed E-state index contributed by atoms with van der Waals surface area (Å²) in [6, 6.07) is 18.3. The Morgan fingerprint density at radius 3 is 2.18 bits per heavy atom. The van der Waals surface area contributed by atoms with Gasteiger partial charge in [0.2, 0.25) is 0 Å². The number of esters is 1. The van der Waals surface area contributed by atoms with Gasteiger partial charge >= 0.3 is 12.0 Å². The average Bonchev–Trinajstić information content (AvgIpc) is 3.36. The van der Waals surface area contributed by atoms with Gasteiger partial charge in [0.05, 0.1) is 21.3 Å². The predicted octanol–water partition coefficient (Wildman–Crippen LogP) is 4.40. The normalized spacial score (nSPS) is 14.2. The van der Waals surface area contributed by atoms with Crippen LogP contribution in [0.1, 0.15) is 22.8 Å². The third-order valence-corrected chi connectivity index (χ3v) is 5.97. The van der Waals surface area contributed by atoms with E-state index < -0.39 is 18.4 Å². The molecule has 12 heteroatoms. The van der Waals surface area contributed by atoms with Crippen LogP contribution in [0.4, 0.5) is 16.2 Å². The summed E-state index contributed by atoms with van der Waals surface area (Å²) in [6.07, 6.45) is -1.58. The Kier molecular flexibility index (Phi) is 8.46. The van der Waals surface area contributed by atoms with Crippen molar-refractivity contribution >= 4 is 23.4 Å². The van der Waals surface area contributed by atoms with Crippen LogP contribution in [0.2, 0.25) is 0 Å². The highest BCUT2D eigenvalue weighted by Gasteiger charge is 2.39. The zero-order valence-corrected chi connectivity index (χ0v) is 22.0. The topological polar surface area (TPSA) is 126 Å². The van der Waals surface area contributed by atoms with Crippen LogP contribution in [-0.2, 0) is 11.3 Å². The van der Waals surface area contributed by atoms with Crippen molar-refractivity contribution in [3.8, 4) is 17.2 Å². The molecule has 4 rings (SSSR count). The fourth-order valence-corrected chi connectivity index (χ4v) is 4.01. The molecule has 1 unspecified atom stereocenters. The lowest BCUT2D eigenvalue weighted by atomic mass is 10.1. The van der Waals surface area contributed by atoms with Gasteiger partial charge in [0, 0.05) is 18.3 Å². The fourth-order valence-electron chi connectivity index (χ4n) is 4.01. The second kappa shape index (κ2) is 12.1. The third kappa shape index (κ3) is 5.55. The number of ether oxygens (including phenoxy) is 4. The van der Waals surface area contributed by atoms with Gasteiger partial charge in [0.1, 0.15) is 35.1 Å². The van der Waals surface area contributed by atoms with E-state index in [1.807, 2.05) is 30.3 Å². The second-order valence-electron chi connectivity index (χ2n) is 8.20. The minimum absolute atomic E-state index is 0.107. The van der Waals surface area contributed by atoms with Crippen molar-refractivity contribution in [1.82, 2.24) is 5.01 Å². The van der Waals surface area contributed by atoms with E-state index in [9.17, 15) is 14.7 Å². The Morgan fingerprint density at radius 1 is 0.897 bits per heavy atom. The molecule has 1 N–H and O–H groups in total. The molecule has 12 nitrogen and oxygen atoms in total. The molecule has 0 radical (unpaired) electrons. The SMILES string of the molecule is CCN(C(=O)N1N=NN(c2c(OC)cccc2OC)C1O)c1ccc(C(=O)OCc2ccccc2)c(OC)c1. The Labute approximate surface area is 225 Å². The van der Waals surface area contributed by atoms with Crippen molar-refractivity contribution in [2.75, 3.05) is 37.8 Å². The minimum Gasteiger partial charge on any atom is -0.496 e. The van der Waals surface area contributed by atoms with Gasteiger partial charge in [-0.05, 0) is 47.2 Å². The Hall–Kier alpha value is -4.84. The van der Waals surface area contributed by atoms with Gasteiger partial charge in [-0.25, -0.2) is 9.59 Å². The number of aliphatic hydroxyl groups is 1. The van der Waals surface area contributed by atoms with E-state index in [2.05, 4.69) is 10.4 Å². The zero-order chi connectivity index (χ0) is 27.9. The number of rotatable bonds is 9. The highest BCUT2D eigenvalue weighted by Crippen LogP contribution is 2.41. The number of hydrogen-bond donors (Lipinski definition) is 1. The van der Waals surface area contributed by atoms with Crippen LogP contribution < -0.4 is 24.1 Å². The standard InChI is InChI=1S/C27H29N5O7/c1-5-30(19-14-15-20(23(16-19)38-4)25(33)39-17-18-10-7-6-8-11-18)26(34)32-27(35)31(28-29-32)24-21(36-2)12-9-13-22(24)37-3/h6-16,27,35H,5,17H2,1-4H3. The monoisotopic (exact) mass is 535 g/mol. The zero-order valence-electron chi connectivity index (χ0n) is 22.0. The smallest absolute Gasteiger partial charge is 0.350 e. The Morgan fingerprint density at radius 2 is 1.56 bits per heavy atom. The molecule has 39 heavy (non-hydrogen) atoms. The quantitative estimate of drug-likeness (QED) is 0.400. The third-order valence-electron chi connectivity index (χ3n) is 5.97. The maximum atomic E-state index is 13.5. The number of urea groups is 1. The summed E-state index contributed by atoms with van der Waals surface area (Å²) >= 11 is 0. The molecule has 1 atom stereocenters. The van der Waals surface area contributed by atoms with Crippen LogP contribution in [-0.4, -0.2) is 56.3 Å². The van der Waals surface area contributed by atoms with E-state index in [0.29, 0.717) is 22.9 Å². The maximum absolute atomic E-state index is 13.5. The number of aliphatic hydroxyl groups excluding tert-OH is 1. The largest absolute Gasteiger partial charge is 0.496 e. The van der Waals surface area contributed by atoms with Crippen LogP contribution in [0.5, 0.6) is 17.2 Å². The van der Waals surface area contributed by atoms with Crippen LogP contribution in [0.25, 0.3) is 0 Å². The van der Waals surface area contributed by atoms with Crippen LogP contribution >= 0.6 is 0 Å². The first-order valence-corrected chi connectivity index (χ1v) is 12.0. The summed E-state index contributed by atoms with van der Waals surface area (Å²) in [4.78, 5) is 27.6. The first-order chi connectivity index (χ1) is 18.9. The van der Waals surface area contributed by atoms with Crippen LogP contribution in [0.15, 0.2) is 77.2 Å². The van der Waals surface area contributed by atoms with E-state index in [4.69, 9.17) is 18.9 Å². The number of hydrogen-bond acceptors (Lipinski definition) is 10. The van der Waals surface area contributed by atoms with Crippen molar-refractivity contribution in [3.05, 3.63) is 77.9 Å². The van der Waals surface area contributed by atoms with Gasteiger partial charge in [-0.3, -0.25) is 4.90 Å². The highest BCUT2D eigenvalue weighted by molar-refractivity contribution is 5.96. The van der Waals surface area contributed by atoms with E-state index in [0.717, 1.165) is 15.6 Å². The molecule has 1 aliphatic rings. The summed E-state index contributed by atoms with van der Waals surface area (Å²) in [5.41, 5.74) is 1.77. The number of anilines is 2. The van der Waals surface area contributed by atoms with Gasteiger partial charge in [0.25, 0.3) is 6.35 Å². The molecule has 0 saturated heterocycles. The summed E-state index contributed by atoms with van der Waals surface area (Å²) in [6.45, 7) is 2.08. The summed E-state index contributed by atoms with van der Waals surface area (Å²) in [5.74, 6) is 0.393. The highest BCUT2D eigenvalue weighted by atomic mass is 16.5. The molecule has 0 aliphatic carbocycles. The number of amides is 2. The summed E-state index contributed by atoms with van der Waals surface area (Å²) in [5, 5.41) is 20.8. The molecule has 1 aliphatic heterocycles. The van der Waals surface area contributed by atoms with Gasteiger partial charge in [-0.15, -0.1) is 5.01 Å². The molecule has 0 bridgehead atoms. The molecule has 0 spiro atoms.